The first-order chi connectivity index (χ1) is 13.6. The number of nitrogens with one attached hydrogen (secondary N) is 2. The molecule has 1 amide bonds. The molecule has 28 heavy (non-hydrogen) atoms. The van der Waals surface area contributed by atoms with Crippen LogP contribution in [0.1, 0.15) is 47.3 Å². The van der Waals surface area contributed by atoms with Crippen LogP contribution in [0.3, 0.4) is 0 Å². The van der Waals surface area contributed by atoms with Crippen molar-refractivity contribution in [3.05, 3.63) is 47.3 Å². The normalized spacial score (nSPS) is 14.5. The van der Waals surface area contributed by atoms with E-state index < -0.39 is 0 Å². The largest absolute Gasteiger partial charge is 0.346 e. The number of amides is 1. The Bertz CT molecular complexity index is 973. The highest BCUT2D eigenvalue weighted by atomic mass is 32.2. The maximum Gasteiger partial charge on any atom is 0.252 e. The summed E-state index contributed by atoms with van der Waals surface area (Å²) in [5.74, 6) is -0.0804. The number of hydrogen-bond acceptors (Lipinski definition) is 5. The number of aromatic nitrogens is 5. The summed E-state index contributed by atoms with van der Waals surface area (Å²) < 4.78 is 1.74. The summed E-state index contributed by atoms with van der Waals surface area (Å²) in [6.07, 6.45) is 6.74. The molecule has 146 valence electrons. The van der Waals surface area contributed by atoms with Crippen LogP contribution < -0.4 is 5.32 Å². The predicted octanol–water partition coefficient (Wildman–Crippen LogP) is 3.48. The van der Waals surface area contributed by atoms with Gasteiger partial charge in [0.2, 0.25) is 0 Å². The van der Waals surface area contributed by atoms with E-state index in [1.165, 1.54) is 25.7 Å². The number of hydrogen-bond donors (Lipinski definition) is 2. The zero-order valence-corrected chi connectivity index (χ0v) is 16.9. The number of thioether (sulfide) groups is 1. The molecule has 7 nitrogen and oxygen atoms in total. The van der Waals surface area contributed by atoms with Crippen molar-refractivity contribution in [1.29, 1.82) is 0 Å². The molecule has 2 N–H and O–H groups in total. The van der Waals surface area contributed by atoms with Crippen LogP contribution in [0.15, 0.2) is 35.4 Å². The number of carbonyl (C=O) groups excluding carboxylic acids is 1. The number of rotatable bonds is 6. The van der Waals surface area contributed by atoms with Gasteiger partial charge >= 0.3 is 0 Å². The molecule has 1 aromatic carbocycles. The van der Waals surface area contributed by atoms with Gasteiger partial charge in [0.05, 0.1) is 17.8 Å². The molecule has 0 atom stereocenters. The van der Waals surface area contributed by atoms with Crippen molar-refractivity contribution in [3.63, 3.8) is 0 Å². The molecule has 1 fully saturated rings. The molecule has 0 aliphatic heterocycles. The van der Waals surface area contributed by atoms with Crippen molar-refractivity contribution in [2.75, 3.05) is 0 Å². The molecule has 0 saturated heterocycles. The van der Waals surface area contributed by atoms with E-state index in [9.17, 15) is 4.79 Å². The molecule has 0 spiro atoms. The fourth-order valence-electron chi connectivity index (χ4n) is 3.56. The van der Waals surface area contributed by atoms with Crippen molar-refractivity contribution in [3.8, 4) is 11.4 Å². The first kappa shape index (κ1) is 18.7. The summed E-state index contributed by atoms with van der Waals surface area (Å²) in [7, 11) is 1.85. The van der Waals surface area contributed by atoms with E-state index in [4.69, 9.17) is 0 Å². The molecule has 0 bridgehead atoms. The predicted molar refractivity (Wildman–Crippen MR) is 109 cm³/mol. The minimum absolute atomic E-state index is 0.0804. The van der Waals surface area contributed by atoms with E-state index in [-0.39, 0.29) is 5.91 Å². The third kappa shape index (κ3) is 3.96. The van der Waals surface area contributed by atoms with Crippen LogP contribution in [-0.2, 0) is 13.6 Å². The highest BCUT2D eigenvalue weighted by Gasteiger charge is 2.21. The topological polar surface area (TPSA) is 88.5 Å². The van der Waals surface area contributed by atoms with Gasteiger partial charge in [-0.25, -0.2) is 0 Å². The molecule has 1 aliphatic carbocycles. The van der Waals surface area contributed by atoms with Crippen LogP contribution in [-0.4, -0.2) is 36.3 Å². The zero-order valence-electron chi connectivity index (χ0n) is 16.1. The van der Waals surface area contributed by atoms with Crippen molar-refractivity contribution in [2.45, 2.75) is 49.3 Å². The molecular formula is C20H24N6OS. The quantitative estimate of drug-likeness (QED) is 0.666. The van der Waals surface area contributed by atoms with Gasteiger partial charge in [0.15, 0.2) is 0 Å². The first-order valence-corrected chi connectivity index (χ1v) is 10.4. The van der Waals surface area contributed by atoms with E-state index in [0.717, 1.165) is 21.7 Å². The van der Waals surface area contributed by atoms with E-state index in [0.29, 0.717) is 23.2 Å². The Kier molecular flexibility index (Phi) is 5.47. The number of nitrogens with zero attached hydrogens (tertiary/aromatic N) is 4. The summed E-state index contributed by atoms with van der Waals surface area (Å²) in [5.41, 5.74) is 4.06. The minimum atomic E-state index is -0.0804. The molecule has 0 unspecified atom stereocenters. The van der Waals surface area contributed by atoms with Gasteiger partial charge in [-0.3, -0.25) is 9.48 Å². The Balaban J connectivity index is 1.50. The second kappa shape index (κ2) is 8.18. The Labute approximate surface area is 168 Å². The van der Waals surface area contributed by atoms with Gasteiger partial charge in [0.25, 0.3) is 5.91 Å². The number of aromatic amines is 1. The highest BCUT2D eigenvalue weighted by Crippen LogP contribution is 2.36. The standard InChI is InChI=1S/C20H24N6OS/c1-13-7-8-18(28-14-5-3-4-6-14)15(11-13)20(27)21-12-16-19(24-25-23-16)17-9-10-22-26(17)2/h7-11,14H,3-6,12H2,1-2H3,(H,21,27)(H,23,24,25). The number of aryl methyl sites for hydroxylation is 2. The third-order valence-electron chi connectivity index (χ3n) is 5.08. The van der Waals surface area contributed by atoms with Crippen LogP contribution in [0.5, 0.6) is 0 Å². The van der Waals surface area contributed by atoms with Crippen molar-refractivity contribution in [1.82, 2.24) is 30.5 Å². The summed E-state index contributed by atoms with van der Waals surface area (Å²) in [4.78, 5) is 14.0. The van der Waals surface area contributed by atoms with Gasteiger partial charge in [-0.2, -0.15) is 20.5 Å². The molecule has 1 saturated carbocycles. The number of H-pyrrole nitrogens is 1. The van der Waals surface area contributed by atoms with E-state index >= 15 is 0 Å². The maximum absolute atomic E-state index is 13.0. The van der Waals surface area contributed by atoms with E-state index in [1.807, 2.05) is 37.9 Å². The molecule has 3 aromatic rings. The zero-order chi connectivity index (χ0) is 19.5. The smallest absolute Gasteiger partial charge is 0.252 e. The average Bonchev–Trinajstić information content (AvgIpc) is 3.43. The summed E-state index contributed by atoms with van der Waals surface area (Å²) in [6, 6.07) is 7.99. The van der Waals surface area contributed by atoms with Gasteiger partial charge in [-0.1, -0.05) is 24.5 Å². The van der Waals surface area contributed by atoms with Crippen molar-refractivity contribution >= 4 is 17.7 Å². The lowest BCUT2D eigenvalue weighted by Gasteiger charge is -2.14. The van der Waals surface area contributed by atoms with Gasteiger partial charge in [-0.05, 0) is 38.0 Å². The van der Waals surface area contributed by atoms with Crippen LogP contribution >= 0.6 is 11.8 Å². The average molecular weight is 397 g/mol. The minimum Gasteiger partial charge on any atom is -0.346 e. The second-order valence-corrected chi connectivity index (χ2v) is 8.51. The van der Waals surface area contributed by atoms with Crippen LogP contribution in [0.4, 0.5) is 0 Å². The van der Waals surface area contributed by atoms with Crippen LogP contribution in [0, 0.1) is 6.92 Å². The van der Waals surface area contributed by atoms with Crippen LogP contribution in [0.2, 0.25) is 0 Å². The Morgan fingerprint density at radius 2 is 2.11 bits per heavy atom. The lowest BCUT2D eigenvalue weighted by Crippen LogP contribution is -2.24. The van der Waals surface area contributed by atoms with E-state index in [1.54, 1.807) is 10.9 Å². The summed E-state index contributed by atoms with van der Waals surface area (Å²) >= 11 is 1.83. The fraction of sp³-hybridized carbons (Fsp3) is 0.400. The molecule has 0 radical (unpaired) electrons. The number of carbonyl (C=O) groups is 1. The molecule has 2 heterocycles. The van der Waals surface area contributed by atoms with Gasteiger partial charge in [-0.15, -0.1) is 11.8 Å². The van der Waals surface area contributed by atoms with Crippen molar-refractivity contribution < 1.29 is 4.79 Å². The van der Waals surface area contributed by atoms with Crippen LogP contribution in [0.25, 0.3) is 11.4 Å². The summed E-state index contributed by atoms with van der Waals surface area (Å²) in [6.45, 7) is 2.32. The fourth-order valence-corrected chi connectivity index (χ4v) is 4.91. The molecular weight excluding hydrogens is 372 g/mol. The first-order valence-electron chi connectivity index (χ1n) is 9.55. The number of benzene rings is 1. The van der Waals surface area contributed by atoms with Gasteiger partial charge in [0.1, 0.15) is 11.4 Å². The lowest BCUT2D eigenvalue weighted by molar-refractivity contribution is 0.0947. The second-order valence-electron chi connectivity index (χ2n) is 7.17. The SMILES string of the molecule is Cc1ccc(SC2CCCC2)c(C(=O)NCc2n[nH]nc2-c2ccnn2C)c1. The highest BCUT2D eigenvalue weighted by molar-refractivity contribution is 8.00. The molecule has 4 rings (SSSR count). The van der Waals surface area contributed by atoms with Gasteiger partial charge in [0, 0.05) is 23.4 Å². The van der Waals surface area contributed by atoms with E-state index in [2.05, 4.69) is 38.0 Å². The third-order valence-corrected chi connectivity index (χ3v) is 6.49. The molecule has 8 heteroatoms. The van der Waals surface area contributed by atoms with Gasteiger partial charge < -0.3 is 5.32 Å². The molecule has 1 aliphatic rings. The monoisotopic (exact) mass is 396 g/mol. The Morgan fingerprint density at radius 1 is 1.29 bits per heavy atom. The Morgan fingerprint density at radius 3 is 2.86 bits per heavy atom. The summed E-state index contributed by atoms with van der Waals surface area (Å²) in [5, 5.41) is 18.9. The maximum atomic E-state index is 13.0. The van der Waals surface area contributed by atoms with Crippen molar-refractivity contribution in [2.24, 2.45) is 7.05 Å². The molecule has 2 aromatic heterocycles. The lowest BCUT2D eigenvalue weighted by atomic mass is 10.1. The Hall–Kier alpha value is -2.61.